The summed E-state index contributed by atoms with van der Waals surface area (Å²) in [7, 11) is 0. The van der Waals surface area contributed by atoms with E-state index in [0.29, 0.717) is 6.42 Å². The molecule has 0 unspecified atom stereocenters. The number of urea groups is 1. The van der Waals surface area contributed by atoms with Gasteiger partial charge in [0, 0.05) is 6.42 Å². The Morgan fingerprint density at radius 3 is 2.64 bits per heavy atom. The fraction of sp³-hybridized carbons (Fsp3) is 0.318. The predicted octanol–water partition coefficient (Wildman–Crippen LogP) is 2.34. The summed E-state index contributed by atoms with van der Waals surface area (Å²) in [6.07, 6.45) is 3.29. The van der Waals surface area contributed by atoms with Gasteiger partial charge in [0.25, 0.3) is 5.91 Å². The van der Waals surface area contributed by atoms with Gasteiger partial charge in [-0.15, -0.1) is 0 Å². The lowest BCUT2D eigenvalue weighted by Crippen LogP contribution is -2.42. The number of nitrogens with zero attached hydrogens (tertiary/aromatic N) is 1. The molecule has 0 spiro atoms. The van der Waals surface area contributed by atoms with Crippen LogP contribution in [0.15, 0.2) is 54.6 Å². The molecule has 28 heavy (non-hydrogen) atoms. The highest BCUT2D eigenvalue weighted by Crippen LogP contribution is 2.29. The molecule has 2 aromatic rings. The van der Waals surface area contributed by atoms with Gasteiger partial charge in [-0.1, -0.05) is 54.6 Å². The molecule has 4 amide bonds. The lowest BCUT2D eigenvalue weighted by Gasteiger charge is -2.27. The fourth-order valence-corrected chi connectivity index (χ4v) is 4.00. The maximum Gasteiger partial charge on any atom is 0.325 e. The Morgan fingerprint density at radius 2 is 1.82 bits per heavy atom. The lowest BCUT2D eigenvalue weighted by molar-refractivity contribution is -0.132. The molecule has 2 aliphatic rings. The first-order chi connectivity index (χ1) is 13.6. The third kappa shape index (κ3) is 3.76. The molecule has 0 radical (unpaired) electrons. The highest BCUT2D eigenvalue weighted by molar-refractivity contribution is 6.06. The molecular weight excluding hydrogens is 354 g/mol. The molecule has 144 valence electrons. The van der Waals surface area contributed by atoms with Crippen molar-refractivity contribution >= 4 is 17.8 Å². The molecule has 1 aliphatic carbocycles. The summed E-state index contributed by atoms with van der Waals surface area (Å²) in [5, 5.41) is 5.68. The number of rotatable bonds is 5. The molecule has 0 bridgehead atoms. The molecule has 0 saturated carbocycles. The molecule has 4 rings (SSSR count). The largest absolute Gasteiger partial charge is 0.348 e. The van der Waals surface area contributed by atoms with Gasteiger partial charge in [-0.05, 0) is 36.0 Å². The molecule has 6 heteroatoms. The number of hydrogen-bond donors (Lipinski definition) is 2. The molecule has 2 N–H and O–H groups in total. The Balaban J connectivity index is 1.38. The Hall–Kier alpha value is -3.15. The first kappa shape index (κ1) is 18.2. The van der Waals surface area contributed by atoms with Crippen LogP contribution in [-0.4, -0.2) is 35.3 Å². The highest BCUT2D eigenvalue weighted by Gasteiger charge is 2.39. The van der Waals surface area contributed by atoms with Crippen LogP contribution in [0.2, 0.25) is 0 Å². The minimum absolute atomic E-state index is 0.0710. The van der Waals surface area contributed by atoms with Crippen LogP contribution < -0.4 is 10.6 Å². The van der Waals surface area contributed by atoms with Crippen LogP contribution in [0.4, 0.5) is 4.79 Å². The van der Waals surface area contributed by atoms with Crippen LogP contribution in [0.5, 0.6) is 0 Å². The summed E-state index contributed by atoms with van der Waals surface area (Å²) in [4.78, 5) is 38.4. The number of hydrogen-bond acceptors (Lipinski definition) is 3. The van der Waals surface area contributed by atoms with Gasteiger partial charge >= 0.3 is 6.03 Å². The number of imide groups is 1. The van der Waals surface area contributed by atoms with Gasteiger partial charge < -0.3 is 10.6 Å². The van der Waals surface area contributed by atoms with Crippen LogP contribution in [0.25, 0.3) is 0 Å². The molecule has 1 saturated heterocycles. The number of nitrogens with one attached hydrogen (secondary N) is 2. The summed E-state index contributed by atoms with van der Waals surface area (Å²) in [5.41, 5.74) is 3.34. The quantitative estimate of drug-likeness (QED) is 0.785. The lowest BCUT2D eigenvalue weighted by atomic mass is 9.88. The summed E-state index contributed by atoms with van der Waals surface area (Å²) >= 11 is 0. The summed E-state index contributed by atoms with van der Waals surface area (Å²) in [6, 6.07) is 16.4. The van der Waals surface area contributed by atoms with Crippen molar-refractivity contribution < 1.29 is 14.4 Å². The van der Waals surface area contributed by atoms with Gasteiger partial charge in [0.15, 0.2) is 0 Å². The Morgan fingerprint density at radius 1 is 1.07 bits per heavy atom. The van der Waals surface area contributed by atoms with E-state index in [4.69, 9.17) is 0 Å². The standard InChI is InChI=1S/C22H23N3O3/c26-20(23-18-12-6-10-16-9-4-5-11-17(16)18)14-25-21(27)19(24-22(25)28)13-15-7-2-1-3-8-15/h1-5,7-9,11,18-19H,6,10,12-14H2,(H,23,26)(H,24,28)/t18-,19+/m0/s1. The van der Waals surface area contributed by atoms with E-state index < -0.39 is 12.1 Å². The zero-order valence-corrected chi connectivity index (χ0v) is 15.6. The Bertz CT molecular complexity index is 897. The van der Waals surface area contributed by atoms with Gasteiger partial charge in [-0.2, -0.15) is 0 Å². The van der Waals surface area contributed by atoms with Crippen molar-refractivity contribution in [2.45, 2.75) is 37.8 Å². The van der Waals surface area contributed by atoms with Gasteiger partial charge in [0.05, 0.1) is 6.04 Å². The van der Waals surface area contributed by atoms with Crippen molar-refractivity contribution in [3.8, 4) is 0 Å². The van der Waals surface area contributed by atoms with Crippen molar-refractivity contribution in [3.63, 3.8) is 0 Å². The monoisotopic (exact) mass is 377 g/mol. The number of fused-ring (bicyclic) bond motifs is 1. The van der Waals surface area contributed by atoms with Gasteiger partial charge in [0.1, 0.15) is 12.6 Å². The van der Waals surface area contributed by atoms with Crippen LogP contribution in [0.3, 0.4) is 0 Å². The minimum Gasteiger partial charge on any atom is -0.348 e. The number of amides is 4. The van der Waals surface area contributed by atoms with Crippen molar-refractivity contribution in [2.24, 2.45) is 0 Å². The average molecular weight is 377 g/mol. The van der Waals surface area contributed by atoms with E-state index in [1.54, 1.807) is 0 Å². The van der Waals surface area contributed by atoms with E-state index >= 15 is 0 Å². The van der Waals surface area contributed by atoms with Gasteiger partial charge in [-0.3, -0.25) is 14.5 Å². The Kier molecular flexibility index (Phi) is 5.10. The maximum absolute atomic E-state index is 12.6. The molecule has 1 aliphatic heterocycles. The fourth-order valence-electron chi connectivity index (χ4n) is 4.00. The molecule has 6 nitrogen and oxygen atoms in total. The van der Waals surface area contributed by atoms with E-state index in [9.17, 15) is 14.4 Å². The third-order valence-corrected chi connectivity index (χ3v) is 5.40. The summed E-state index contributed by atoms with van der Waals surface area (Å²) in [5.74, 6) is -0.668. The van der Waals surface area contributed by atoms with E-state index in [2.05, 4.69) is 16.7 Å². The molecule has 1 heterocycles. The van der Waals surface area contributed by atoms with Crippen LogP contribution >= 0.6 is 0 Å². The second-order valence-electron chi connectivity index (χ2n) is 7.33. The van der Waals surface area contributed by atoms with E-state index in [1.165, 1.54) is 5.56 Å². The van der Waals surface area contributed by atoms with Crippen LogP contribution in [0, 0.1) is 0 Å². The zero-order valence-electron chi connectivity index (χ0n) is 15.6. The zero-order chi connectivity index (χ0) is 19.5. The van der Waals surface area contributed by atoms with Crippen molar-refractivity contribution in [1.29, 1.82) is 0 Å². The minimum atomic E-state index is -0.627. The maximum atomic E-state index is 12.6. The second kappa shape index (κ2) is 7.84. The topological polar surface area (TPSA) is 78.5 Å². The first-order valence-electron chi connectivity index (χ1n) is 9.65. The predicted molar refractivity (Wildman–Crippen MR) is 104 cm³/mol. The molecular formula is C22H23N3O3. The van der Waals surface area contributed by atoms with Gasteiger partial charge in [-0.25, -0.2) is 4.79 Å². The van der Waals surface area contributed by atoms with Crippen molar-refractivity contribution in [1.82, 2.24) is 15.5 Å². The molecule has 2 atom stereocenters. The first-order valence-corrected chi connectivity index (χ1v) is 9.65. The SMILES string of the molecule is O=C(CN1C(=O)N[C@H](Cc2ccccc2)C1=O)N[C@H]1CCCc2ccccc21. The molecule has 2 aromatic carbocycles. The number of aryl methyl sites for hydroxylation is 1. The molecule has 0 aromatic heterocycles. The average Bonchev–Trinajstić information content (AvgIpc) is 2.96. The van der Waals surface area contributed by atoms with E-state index in [1.807, 2.05) is 48.5 Å². The third-order valence-electron chi connectivity index (χ3n) is 5.40. The van der Waals surface area contributed by atoms with Crippen molar-refractivity contribution in [2.75, 3.05) is 6.54 Å². The summed E-state index contributed by atoms with van der Waals surface area (Å²) in [6.45, 7) is -0.255. The normalized spacial score (nSPS) is 21.2. The second-order valence-corrected chi connectivity index (χ2v) is 7.33. The van der Waals surface area contributed by atoms with Gasteiger partial charge in [0.2, 0.25) is 5.91 Å². The van der Waals surface area contributed by atoms with Crippen molar-refractivity contribution in [3.05, 3.63) is 71.3 Å². The molecule has 1 fully saturated rings. The van der Waals surface area contributed by atoms with E-state index in [-0.39, 0.29) is 24.4 Å². The van der Waals surface area contributed by atoms with Crippen LogP contribution in [-0.2, 0) is 22.4 Å². The number of carbonyl (C=O) groups is 3. The van der Waals surface area contributed by atoms with E-state index in [0.717, 1.165) is 35.3 Å². The Labute approximate surface area is 163 Å². The highest BCUT2D eigenvalue weighted by atomic mass is 16.2. The smallest absolute Gasteiger partial charge is 0.325 e. The summed E-state index contributed by atoms with van der Waals surface area (Å²) < 4.78 is 0. The number of benzene rings is 2. The van der Waals surface area contributed by atoms with Crippen LogP contribution in [0.1, 0.15) is 35.6 Å². The number of carbonyl (C=O) groups excluding carboxylic acids is 3.